The van der Waals surface area contributed by atoms with E-state index in [4.69, 9.17) is 14.2 Å². The SMILES string of the molecule is CCCOc1ccc(C(=O)N/N=C/c2cccc(OCC(=O)Nc3ccccc3)c2)cc1OCC. The summed E-state index contributed by atoms with van der Waals surface area (Å²) in [6, 6.07) is 21.2. The molecule has 2 amide bonds. The zero-order valence-corrected chi connectivity index (χ0v) is 19.8. The van der Waals surface area contributed by atoms with Gasteiger partial charge in [0.2, 0.25) is 0 Å². The molecule has 0 atom stereocenters. The summed E-state index contributed by atoms with van der Waals surface area (Å²) in [5, 5.41) is 6.79. The van der Waals surface area contributed by atoms with E-state index in [-0.39, 0.29) is 18.4 Å². The molecule has 0 aliphatic rings. The summed E-state index contributed by atoms with van der Waals surface area (Å²) in [5.41, 5.74) is 4.31. The molecule has 0 bridgehead atoms. The van der Waals surface area contributed by atoms with Gasteiger partial charge in [0.15, 0.2) is 18.1 Å². The largest absolute Gasteiger partial charge is 0.490 e. The van der Waals surface area contributed by atoms with E-state index in [9.17, 15) is 9.59 Å². The third-order valence-corrected chi connectivity index (χ3v) is 4.63. The van der Waals surface area contributed by atoms with Crippen LogP contribution in [0.3, 0.4) is 0 Å². The maximum absolute atomic E-state index is 12.5. The van der Waals surface area contributed by atoms with Crippen molar-refractivity contribution in [2.45, 2.75) is 20.3 Å². The number of hydrazone groups is 1. The monoisotopic (exact) mass is 475 g/mol. The number of carbonyl (C=O) groups excluding carboxylic acids is 2. The Balaban J connectivity index is 1.54. The third-order valence-electron chi connectivity index (χ3n) is 4.63. The van der Waals surface area contributed by atoms with E-state index in [2.05, 4.69) is 15.8 Å². The molecule has 0 heterocycles. The van der Waals surface area contributed by atoms with E-state index < -0.39 is 0 Å². The number of ether oxygens (including phenoxy) is 3. The fraction of sp³-hybridized carbons (Fsp3) is 0.222. The molecular formula is C27H29N3O5. The van der Waals surface area contributed by atoms with Crippen LogP contribution in [-0.2, 0) is 4.79 Å². The highest BCUT2D eigenvalue weighted by molar-refractivity contribution is 5.95. The van der Waals surface area contributed by atoms with E-state index in [1.165, 1.54) is 6.21 Å². The molecule has 2 N–H and O–H groups in total. The predicted molar refractivity (Wildman–Crippen MR) is 135 cm³/mol. The van der Waals surface area contributed by atoms with Crippen LogP contribution in [0.2, 0.25) is 0 Å². The number of benzene rings is 3. The quantitative estimate of drug-likeness (QED) is 0.293. The Kier molecular flexibility index (Phi) is 9.68. The van der Waals surface area contributed by atoms with Crippen LogP contribution in [-0.4, -0.2) is 37.8 Å². The highest BCUT2D eigenvalue weighted by Crippen LogP contribution is 2.28. The summed E-state index contributed by atoms with van der Waals surface area (Å²) in [4.78, 5) is 24.6. The number of amides is 2. The van der Waals surface area contributed by atoms with Crippen molar-refractivity contribution in [3.05, 3.63) is 83.9 Å². The van der Waals surface area contributed by atoms with Crippen molar-refractivity contribution in [2.75, 3.05) is 25.1 Å². The Labute approximate surface area is 204 Å². The van der Waals surface area contributed by atoms with Gasteiger partial charge in [-0.1, -0.05) is 37.3 Å². The molecule has 8 heteroatoms. The summed E-state index contributed by atoms with van der Waals surface area (Å²) in [6.07, 6.45) is 2.37. The Morgan fingerprint density at radius 3 is 2.49 bits per heavy atom. The van der Waals surface area contributed by atoms with E-state index >= 15 is 0 Å². The van der Waals surface area contributed by atoms with Crippen molar-refractivity contribution in [3.8, 4) is 17.2 Å². The number of para-hydroxylation sites is 1. The molecule has 0 aliphatic heterocycles. The van der Waals surface area contributed by atoms with E-state index in [0.29, 0.717) is 47.3 Å². The molecule has 0 unspecified atom stereocenters. The standard InChI is InChI=1S/C27H29N3O5/c1-3-15-34-24-14-13-21(17-25(24)33-4-2)27(32)30-28-18-20-9-8-12-23(16-20)35-19-26(31)29-22-10-6-5-7-11-22/h5-14,16-18H,3-4,15,19H2,1-2H3,(H,29,31)(H,30,32)/b28-18+. The van der Waals surface area contributed by atoms with Crippen molar-refractivity contribution in [3.63, 3.8) is 0 Å². The number of nitrogens with one attached hydrogen (secondary N) is 2. The maximum atomic E-state index is 12.5. The minimum atomic E-state index is -0.380. The topological polar surface area (TPSA) is 98.3 Å². The van der Waals surface area contributed by atoms with Crippen molar-refractivity contribution in [1.29, 1.82) is 0 Å². The first-order valence-electron chi connectivity index (χ1n) is 11.4. The van der Waals surface area contributed by atoms with E-state index in [0.717, 1.165) is 6.42 Å². The Bertz CT molecular complexity index is 1150. The van der Waals surface area contributed by atoms with Crippen molar-refractivity contribution < 1.29 is 23.8 Å². The second-order valence-corrected chi connectivity index (χ2v) is 7.42. The fourth-order valence-electron chi connectivity index (χ4n) is 3.03. The molecular weight excluding hydrogens is 446 g/mol. The second kappa shape index (κ2) is 13.4. The Morgan fingerprint density at radius 2 is 1.71 bits per heavy atom. The van der Waals surface area contributed by atoms with E-state index in [1.54, 1.807) is 54.6 Å². The number of hydrogen-bond acceptors (Lipinski definition) is 6. The highest BCUT2D eigenvalue weighted by Gasteiger charge is 2.11. The smallest absolute Gasteiger partial charge is 0.271 e. The van der Waals surface area contributed by atoms with Gasteiger partial charge in [0.1, 0.15) is 5.75 Å². The van der Waals surface area contributed by atoms with Crippen LogP contribution >= 0.6 is 0 Å². The number of nitrogens with zero attached hydrogens (tertiary/aromatic N) is 1. The second-order valence-electron chi connectivity index (χ2n) is 7.42. The molecule has 0 spiro atoms. The third kappa shape index (κ3) is 8.19. The molecule has 0 fully saturated rings. The molecule has 0 aliphatic carbocycles. The molecule has 0 aromatic heterocycles. The number of anilines is 1. The fourth-order valence-corrected chi connectivity index (χ4v) is 3.03. The van der Waals surface area contributed by atoms with Gasteiger partial charge in [-0.05, 0) is 61.4 Å². The summed E-state index contributed by atoms with van der Waals surface area (Å²) in [5.74, 6) is 0.976. The zero-order valence-electron chi connectivity index (χ0n) is 19.8. The maximum Gasteiger partial charge on any atom is 0.271 e. The average molecular weight is 476 g/mol. The lowest BCUT2D eigenvalue weighted by Gasteiger charge is -2.12. The van der Waals surface area contributed by atoms with Crippen LogP contribution in [0.5, 0.6) is 17.2 Å². The van der Waals surface area contributed by atoms with Crippen molar-refractivity contribution in [2.24, 2.45) is 5.10 Å². The lowest BCUT2D eigenvalue weighted by Crippen LogP contribution is -2.20. The van der Waals surface area contributed by atoms with Crippen LogP contribution in [0.1, 0.15) is 36.2 Å². The molecule has 3 rings (SSSR count). The molecule has 0 radical (unpaired) electrons. The van der Waals surface area contributed by atoms with Crippen LogP contribution in [0.4, 0.5) is 5.69 Å². The van der Waals surface area contributed by atoms with Gasteiger partial charge in [0, 0.05) is 11.3 Å². The van der Waals surface area contributed by atoms with Crippen LogP contribution in [0, 0.1) is 0 Å². The molecule has 182 valence electrons. The highest BCUT2D eigenvalue weighted by atomic mass is 16.5. The Morgan fingerprint density at radius 1 is 0.886 bits per heavy atom. The summed E-state index contributed by atoms with van der Waals surface area (Å²) < 4.78 is 16.8. The van der Waals surface area contributed by atoms with Gasteiger partial charge >= 0.3 is 0 Å². The van der Waals surface area contributed by atoms with Crippen LogP contribution in [0.15, 0.2) is 77.9 Å². The minimum absolute atomic E-state index is 0.133. The normalized spacial score (nSPS) is 10.6. The first-order chi connectivity index (χ1) is 17.1. The molecule has 0 saturated heterocycles. The lowest BCUT2D eigenvalue weighted by atomic mass is 10.2. The zero-order chi connectivity index (χ0) is 24.9. The molecule has 0 saturated carbocycles. The lowest BCUT2D eigenvalue weighted by molar-refractivity contribution is -0.118. The molecule has 3 aromatic carbocycles. The predicted octanol–water partition coefficient (Wildman–Crippen LogP) is 4.66. The number of hydrogen-bond donors (Lipinski definition) is 2. The van der Waals surface area contributed by atoms with Crippen molar-refractivity contribution in [1.82, 2.24) is 5.43 Å². The van der Waals surface area contributed by atoms with Crippen molar-refractivity contribution >= 4 is 23.7 Å². The first kappa shape index (κ1) is 25.3. The van der Waals surface area contributed by atoms with Gasteiger partial charge < -0.3 is 19.5 Å². The van der Waals surface area contributed by atoms with Gasteiger partial charge in [0.25, 0.3) is 11.8 Å². The molecule has 8 nitrogen and oxygen atoms in total. The average Bonchev–Trinajstić information content (AvgIpc) is 2.87. The first-order valence-corrected chi connectivity index (χ1v) is 11.4. The van der Waals surface area contributed by atoms with Gasteiger partial charge in [-0.15, -0.1) is 0 Å². The van der Waals surface area contributed by atoms with Gasteiger partial charge in [-0.3, -0.25) is 9.59 Å². The number of rotatable bonds is 12. The Hall–Kier alpha value is -4.33. The van der Waals surface area contributed by atoms with E-state index in [1.807, 2.05) is 32.0 Å². The summed E-state index contributed by atoms with van der Waals surface area (Å²) in [6.45, 7) is 4.78. The minimum Gasteiger partial charge on any atom is -0.490 e. The summed E-state index contributed by atoms with van der Waals surface area (Å²) >= 11 is 0. The van der Waals surface area contributed by atoms with Gasteiger partial charge in [0.05, 0.1) is 19.4 Å². The number of carbonyl (C=O) groups is 2. The molecule has 35 heavy (non-hydrogen) atoms. The van der Waals surface area contributed by atoms with Gasteiger partial charge in [-0.25, -0.2) is 5.43 Å². The molecule has 3 aromatic rings. The summed E-state index contributed by atoms with van der Waals surface area (Å²) in [7, 11) is 0. The van der Waals surface area contributed by atoms with Crippen LogP contribution in [0.25, 0.3) is 0 Å². The van der Waals surface area contributed by atoms with Crippen LogP contribution < -0.4 is 25.0 Å². The van der Waals surface area contributed by atoms with Gasteiger partial charge in [-0.2, -0.15) is 5.10 Å².